The van der Waals surface area contributed by atoms with Crippen molar-refractivity contribution in [3.05, 3.63) is 34.6 Å². The topological polar surface area (TPSA) is 15.3 Å². The third kappa shape index (κ3) is 2.65. The van der Waals surface area contributed by atoms with Crippen LogP contribution in [0.15, 0.2) is 34.6 Å². The van der Waals surface area contributed by atoms with Crippen LogP contribution in [0.1, 0.15) is 27.7 Å². The Labute approximate surface area is 101 Å². The van der Waals surface area contributed by atoms with Crippen molar-refractivity contribution in [2.24, 2.45) is 0 Å². The molecular weight excluding hydrogens is 252 g/mol. The Morgan fingerprint density at radius 3 is 2.67 bits per heavy atom. The normalized spacial score (nSPS) is 22.4. The van der Waals surface area contributed by atoms with Gasteiger partial charge in [-0.3, -0.25) is 0 Å². The predicted octanol–water partition coefficient (Wildman–Crippen LogP) is 3.34. The van der Waals surface area contributed by atoms with Crippen LogP contribution in [0.3, 0.4) is 0 Å². The van der Waals surface area contributed by atoms with Crippen molar-refractivity contribution in [2.45, 2.75) is 39.9 Å². The molecule has 0 spiro atoms. The second-order valence-electron chi connectivity index (χ2n) is 4.06. The minimum Gasteiger partial charge on any atom is -0.367 e. The summed E-state index contributed by atoms with van der Waals surface area (Å²) in [6, 6.07) is 0.487. The molecule has 0 amide bonds. The van der Waals surface area contributed by atoms with E-state index in [1.807, 2.05) is 6.08 Å². The molecule has 0 fully saturated rings. The molecule has 1 N–H and O–H groups in total. The number of hydrogen-bond acceptors (Lipinski definition) is 2. The van der Waals surface area contributed by atoms with Crippen LogP contribution in [0, 0.1) is 0 Å². The van der Waals surface area contributed by atoms with Crippen LogP contribution in [0.4, 0.5) is 0 Å². The van der Waals surface area contributed by atoms with E-state index in [-0.39, 0.29) is 0 Å². The van der Waals surface area contributed by atoms with Gasteiger partial charge in [0.2, 0.25) is 0 Å². The van der Waals surface area contributed by atoms with Crippen molar-refractivity contribution in [2.75, 3.05) is 0 Å². The van der Waals surface area contributed by atoms with Crippen LogP contribution in [0.5, 0.6) is 0 Å². The first-order chi connectivity index (χ1) is 6.97. The fourth-order valence-electron chi connectivity index (χ4n) is 1.96. The first-order valence-corrected chi connectivity index (χ1v) is 6.02. The molecule has 0 aromatic carbocycles. The van der Waals surface area contributed by atoms with E-state index < -0.39 is 0 Å². The van der Waals surface area contributed by atoms with E-state index in [0.29, 0.717) is 12.2 Å². The highest BCUT2D eigenvalue weighted by atomic mass is 79.9. The molecule has 2 nitrogen and oxygen atoms in total. The zero-order valence-electron chi connectivity index (χ0n) is 9.84. The van der Waals surface area contributed by atoms with E-state index in [9.17, 15) is 0 Å². The summed E-state index contributed by atoms with van der Waals surface area (Å²) >= 11 is 3.47. The molecular formula is C12H19BrN2. The summed E-state index contributed by atoms with van der Waals surface area (Å²) in [6.45, 7) is 12.4. The SMILES string of the molecule is C=C/C(Br)=C\C1=C(C)NC(C)N1C(C)C. The highest BCUT2D eigenvalue weighted by Crippen LogP contribution is 2.25. The van der Waals surface area contributed by atoms with Crippen LogP contribution in [0.2, 0.25) is 0 Å². The zero-order valence-corrected chi connectivity index (χ0v) is 11.4. The zero-order chi connectivity index (χ0) is 11.6. The predicted molar refractivity (Wildman–Crippen MR) is 69.5 cm³/mol. The molecule has 1 aliphatic heterocycles. The number of allylic oxidation sites excluding steroid dienone is 4. The molecule has 0 saturated heterocycles. The van der Waals surface area contributed by atoms with Gasteiger partial charge in [0.25, 0.3) is 0 Å². The van der Waals surface area contributed by atoms with E-state index in [1.165, 1.54) is 11.4 Å². The lowest BCUT2D eigenvalue weighted by atomic mass is 10.2. The van der Waals surface area contributed by atoms with Crippen molar-refractivity contribution >= 4 is 15.9 Å². The maximum absolute atomic E-state index is 3.74. The average molecular weight is 271 g/mol. The maximum Gasteiger partial charge on any atom is 0.0962 e. The summed E-state index contributed by atoms with van der Waals surface area (Å²) in [7, 11) is 0. The molecule has 0 aliphatic carbocycles. The quantitative estimate of drug-likeness (QED) is 0.792. The molecule has 1 heterocycles. The second kappa shape index (κ2) is 4.88. The summed E-state index contributed by atoms with van der Waals surface area (Å²) in [5.41, 5.74) is 2.46. The van der Waals surface area contributed by atoms with Gasteiger partial charge in [0.05, 0.1) is 11.9 Å². The summed E-state index contributed by atoms with van der Waals surface area (Å²) in [5.74, 6) is 0. The molecule has 1 atom stereocenters. The highest BCUT2D eigenvalue weighted by Gasteiger charge is 2.26. The maximum atomic E-state index is 3.74. The molecule has 0 radical (unpaired) electrons. The molecule has 3 heteroatoms. The largest absolute Gasteiger partial charge is 0.367 e. The van der Waals surface area contributed by atoms with Gasteiger partial charge in [-0.05, 0) is 33.8 Å². The average Bonchev–Trinajstić information content (AvgIpc) is 2.41. The first-order valence-electron chi connectivity index (χ1n) is 5.22. The second-order valence-corrected chi connectivity index (χ2v) is 4.98. The van der Waals surface area contributed by atoms with Crippen molar-refractivity contribution in [1.29, 1.82) is 0 Å². The minimum absolute atomic E-state index is 0.362. The van der Waals surface area contributed by atoms with Crippen molar-refractivity contribution in [3.8, 4) is 0 Å². The van der Waals surface area contributed by atoms with E-state index in [2.05, 4.69) is 66.5 Å². The third-order valence-electron chi connectivity index (χ3n) is 2.53. The van der Waals surface area contributed by atoms with Crippen molar-refractivity contribution in [3.63, 3.8) is 0 Å². The Morgan fingerprint density at radius 1 is 1.60 bits per heavy atom. The third-order valence-corrected chi connectivity index (χ3v) is 3.08. The lowest BCUT2D eigenvalue weighted by Crippen LogP contribution is -2.38. The van der Waals surface area contributed by atoms with Crippen LogP contribution >= 0.6 is 15.9 Å². The van der Waals surface area contributed by atoms with Gasteiger partial charge in [-0.25, -0.2) is 0 Å². The highest BCUT2D eigenvalue weighted by molar-refractivity contribution is 9.11. The Kier molecular flexibility index (Phi) is 4.03. The smallest absolute Gasteiger partial charge is 0.0962 e. The molecule has 1 unspecified atom stereocenters. The monoisotopic (exact) mass is 270 g/mol. The van der Waals surface area contributed by atoms with Crippen LogP contribution < -0.4 is 5.32 Å². The van der Waals surface area contributed by atoms with E-state index in [4.69, 9.17) is 0 Å². The number of nitrogens with one attached hydrogen (secondary N) is 1. The van der Waals surface area contributed by atoms with Crippen LogP contribution in [-0.2, 0) is 0 Å². The first kappa shape index (κ1) is 12.4. The van der Waals surface area contributed by atoms with Crippen LogP contribution in [0.25, 0.3) is 0 Å². The summed E-state index contributed by atoms with van der Waals surface area (Å²) in [6.07, 6.45) is 4.28. The molecule has 1 rings (SSSR count). The number of hydrogen-bond donors (Lipinski definition) is 1. The molecule has 0 aromatic heterocycles. The van der Waals surface area contributed by atoms with E-state index in [1.54, 1.807) is 0 Å². The molecule has 84 valence electrons. The fourth-order valence-corrected chi connectivity index (χ4v) is 2.17. The van der Waals surface area contributed by atoms with Gasteiger partial charge in [-0.15, -0.1) is 0 Å². The van der Waals surface area contributed by atoms with Gasteiger partial charge in [-0.2, -0.15) is 0 Å². The van der Waals surface area contributed by atoms with Gasteiger partial charge >= 0.3 is 0 Å². The molecule has 1 aliphatic rings. The lowest BCUT2D eigenvalue weighted by molar-refractivity contribution is 0.233. The van der Waals surface area contributed by atoms with Gasteiger partial charge in [-0.1, -0.05) is 28.6 Å². The summed E-state index contributed by atoms with van der Waals surface area (Å²) < 4.78 is 1.01. The molecule has 0 aromatic rings. The number of halogens is 1. The molecule has 15 heavy (non-hydrogen) atoms. The van der Waals surface area contributed by atoms with Crippen molar-refractivity contribution < 1.29 is 0 Å². The fraction of sp³-hybridized carbons (Fsp3) is 0.500. The Hall–Kier alpha value is -0.700. The van der Waals surface area contributed by atoms with Gasteiger partial charge < -0.3 is 10.2 Å². The standard InChI is InChI=1S/C12H19BrN2/c1-6-11(13)7-12-9(4)14-10(5)15(12)8(2)3/h6-8,10,14H,1H2,2-5H3/b11-7+. The number of rotatable bonds is 3. The van der Waals surface area contributed by atoms with E-state index >= 15 is 0 Å². The Bertz CT molecular complexity index is 316. The minimum atomic E-state index is 0.362. The van der Waals surface area contributed by atoms with E-state index in [0.717, 1.165) is 4.48 Å². The molecule has 0 bridgehead atoms. The van der Waals surface area contributed by atoms with Crippen LogP contribution in [-0.4, -0.2) is 17.1 Å². The lowest BCUT2D eigenvalue weighted by Gasteiger charge is -2.29. The van der Waals surface area contributed by atoms with Gasteiger partial charge in [0.15, 0.2) is 0 Å². The van der Waals surface area contributed by atoms with Gasteiger partial charge in [0.1, 0.15) is 0 Å². The number of nitrogens with zero attached hydrogens (tertiary/aromatic N) is 1. The molecule has 0 saturated carbocycles. The Balaban J connectivity index is 3.02. The Morgan fingerprint density at radius 2 is 2.20 bits per heavy atom. The van der Waals surface area contributed by atoms with Crippen molar-refractivity contribution in [1.82, 2.24) is 10.2 Å². The summed E-state index contributed by atoms with van der Waals surface area (Å²) in [4.78, 5) is 2.36. The van der Waals surface area contributed by atoms with Gasteiger partial charge in [0, 0.05) is 16.2 Å². The summed E-state index contributed by atoms with van der Waals surface area (Å²) in [5, 5.41) is 3.43.